The second kappa shape index (κ2) is 5.26. The summed E-state index contributed by atoms with van der Waals surface area (Å²) in [5, 5.41) is 13.2. The van der Waals surface area contributed by atoms with Crippen LogP contribution in [0.15, 0.2) is 24.3 Å². The lowest BCUT2D eigenvalue weighted by atomic mass is 10.1. The van der Waals surface area contributed by atoms with Crippen molar-refractivity contribution in [3.05, 3.63) is 46.8 Å². The van der Waals surface area contributed by atoms with Crippen LogP contribution in [-0.4, -0.2) is 20.9 Å². The molecule has 0 amide bonds. The number of nitrogens with zero attached hydrogens (tertiary/aromatic N) is 2. The highest BCUT2D eigenvalue weighted by Gasteiger charge is 2.09. The Labute approximate surface area is 112 Å². The van der Waals surface area contributed by atoms with Gasteiger partial charge in [-0.3, -0.25) is 4.79 Å². The maximum atomic E-state index is 10.6. The van der Waals surface area contributed by atoms with E-state index in [1.165, 1.54) is 5.56 Å². The molecule has 0 fully saturated rings. The standard InChI is InChI=1S/C15H18N2O2/c1-10-4-6-14(11(2)8-10)17-12(3)9-13(16-17)5-7-15(18)19/h4,6,8-9H,5,7H2,1-3H3,(H,18,19). The number of aromatic nitrogens is 2. The molecule has 4 nitrogen and oxygen atoms in total. The van der Waals surface area contributed by atoms with Crippen LogP contribution in [0.25, 0.3) is 5.69 Å². The first-order valence-corrected chi connectivity index (χ1v) is 6.32. The summed E-state index contributed by atoms with van der Waals surface area (Å²) < 4.78 is 1.88. The molecule has 1 aromatic heterocycles. The summed E-state index contributed by atoms with van der Waals surface area (Å²) >= 11 is 0. The number of carboxylic acids is 1. The lowest BCUT2D eigenvalue weighted by molar-refractivity contribution is -0.136. The van der Waals surface area contributed by atoms with Crippen molar-refractivity contribution in [1.29, 1.82) is 0 Å². The lowest BCUT2D eigenvalue weighted by Crippen LogP contribution is -2.03. The minimum atomic E-state index is -0.793. The summed E-state index contributed by atoms with van der Waals surface area (Å²) in [6, 6.07) is 8.17. The second-order valence-electron chi connectivity index (χ2n) is 4.87. The summed E-state index contributed by atoms with van der Waals surface area (Å²) in [5.74, 6) is -0.793. The molecule has 0 unspecified atom stereocenters. The van der Waals surface area contributed by atoms with Crippen LogP contribution < -0.4 is 0 Å². The van der Waals surface area contributed by atoms with Crippen LogP contribution in [0.3, 0.4) is 0 Å². The van der Waals surface area contributed by atoms with Crippen LogP contribution in [-0.2, 0) is 11.2 Å². The predicted molar refractivity (Wildman–Crippen MR) is 73.7 cm³/mol. The molecule has 1 aromatic carbocycles. The van der Waals surface area contributed by atoms with Crippen LogP contribution in [0.5, 0.6) is 0 Å². The van der Waals surface area contributed by atoms with Crippen LogP contribution in [0.1, 0.15) is 28.9 Å². The van der Waals surface area contributed by atoms with Crippen molar-refractivity contribution in [1.82, 2.24) is 9.78 Å². The van der Waals surface area contributed by atoms with Gasteiger partial charge in [-0.2, -0.15) is 5.10 Å². The monoisotopic (exact) mass is 258 g/mol. The first kappa shape index (κ1) is 13.3. The molecule has 2 rings (SSSR count). The third kappa shape index (κ3) is 3.02. The van der Waals surface area contributed by atoms with Crippen molar-refractivity contribution < 1.29 is 9.90 Å². The first-order valence-electron chi connectivity index (χ1n) is 6.32. The maximum absolute atomic E-state index is 10.6. The Morgan fingerprint density at radius 1 is 1.26 bits per heavy atom. The van der Waals surface area contributed by atoms with Crippen LogP contribution in [0.2, 0.25) is 0 Å². The van der Waals surface area contributed by atoms with Crippen LogP contribution in [0.4, 0.5) is 0 Å². The van der Waals surface area contributed by atoms with E-state index in [4.69, 9.17) is 5.11 Å². The highest BCUT2D eigenvalue weighted by molar-refractivity contribution is 5.67. The normalized spacial score (nSPS) is 10.7. The van der Waals surface area contributed by atoms with Gasteiger partial charge in [0.2, 0.25) is 0 Å². The third-order valence-corrected chi connectivity index (χ3v) is 3.11. The van der Waals surface area contributed by atoms with Gasteiger partial charge in [-0.25, -0.2) is 4.68 Å². The largest absolute Gasteiger partial charge is 0.481 e. The van der Waals surface area contributed by atoms with E-state index in [2.05, 4.69) is 31.1 Å². The Hall–Kier alpha value is -2.10. The van der Waals surface area contributed by atoms with E-state index in [9.17, 15) is 4.79 Å². The van der Waals surface area contributed by atoms with Crippen molar-refractivity contribution in [3.63, 3.8) is 0 Å². The molecular weight excluding hydrogens is 240 g/mol. The summed E-state index contributed by atoms with van der Waals surface area (Å²) in [7, 11) is 0. The number of hydrogen-bond donors (Lipinski definition) is 1. The number of hydrogen-bond acceptors (Lipinski definition) is 2. The number of carbonyl (C=O) groups is 1. The quantitative estimate of drug-likeness (QED) is 0.917. The van der Waals surface area contributed by atoms with E-state index in [1.807, 2.05) is 23.7 Å². The molecule has 0 radical (unpaired) electrons. The van der Waals surface area contributed by atoms with Gasteiger partial charge in [-0.15, -0.1) is 0 Å². The number of benzene rings is 1. The zero-order valence-electron chi connectivity index (χ0n) is 11.5. The van der Waals surface area contributed by atoms with E-state index in [-0.39, 0.29) is 6.42 Å². The minimum absolute atomic E-state index is 0.114. The fraction of sp³-hybridized carbons (Fsp3) is 0.333. The molecule has 0 saturated heterocycles. The van der Waals surface area contributed by atoms with Gasteiger partial charge in [0.05, 0.1) is 17.8 Å². The van der Waals surface area contributed by atoms with Crippen molar-refractivity contribution in [2.45, 2.75) is 33.6 Å². The van der Waals surface area contributed by atoms with E-state index >= 15 is 0 Å². The molecule has 0 spiro atoms. The second-order valence-corrected chi connectivity index (χ2v) is 4.87. The summed E-state index contributed by atoms with van der Waals surface area (Å²) in [6.07, 6.45) is 0.581. The summed E-state index contributed by atoms with van der Waals surface area (Å²) in [6.45, 7) is 6.10. The molecule has 0 saturated carbocycles. The van der Waals surface area contributed by atoms with Crippen molar-refractivity contribution >= 4 is 5.97 Å². The zero-order valence-corrected chi connectivity index (χ0v) is 11.5. The Bertz CT molecular complexity index is 615. The average molecular weight is 258 g/mol. The third-order valence-electron chi connectivity index (χ3n) is 3.11. The number of carboxylic acid groups (broad SMARTS) is 1. The Morgan fingerprint density at radius 2 is 2.00 bits per heavy atom. The molecule has 4 heteroatoms. The van der Waals surface area contributed by atoms with Gasteiger partial charge in [0.15, 0.2) is 0 Å². The molecule has 2 aromatic rings. The van der Waals surface area contributed by atoms with Crippen molar-refractivity contribution in [2.75, 3.05) is 0 Å². The van der Waals surface area contributed by atoms with Gasteiger partial charge < -0.3 is 5.11 Å². The molecule has 19 heavy (non-hydrogen) atoms. The molecule has 0 aliphatic rings. The molecule has 100 valence electrons. The predicted octanol–water partition coefficient (Wildman–Crippen LogP) is 2.81. The molecular formula is C15H18N2O2. The maximum Gasteiger partial charge on any atom is 0.303 e. The molecule has 0 bridgehead atoms. The molecule has 1 N–H and O–H groups in total. The average Bonchev–Trinajstić information content (AvgIpc) is 2.68. The van der Waals surface area contributed by atoms with Gasteiger partial charge in [-0.1, -0.05) is 17.7 Å². The highest BCUT2D eigenvalue weighted by atomic mass is 16.4. The minimum Gasteiger partial charge on any atom is -0.481 e. The number of aryl methyl sites for hydroxylation is 4. The summed E-state index contributed by atoms with van der Waals surface area (Å²) in [4.78, 5) is 10.6. The Balaban J connectivity index is 2.32. The van der Waals surface area contributed by atoms with Crippen LogP contribution >= 0.6 is 0 Å². The van der Waals surface area contributed by atoms with Crippen molar-refractivity contribution in [3.8, 4) is 5.69 Å². The van der Waals surface area contributed by atoms with Gasteiger partial charge in [-0.05, 0) is 38.5 Å². The first-order chi connectivity index (χ1) is 8.97. The molecule has 0 atom stereocenters. The fourth-order valence-electron chi connectivity index (χ4n) is 2.18. The molecule has 0 aliphatic heterocycles. The van der Waals surface area contributed by atoms with E-state index in [0.29, 0.717) is 6.42 Å². The van der Waals surface area contributed by atoms with Gasteiger partial charge in [0.25, 0.3) is 0 Å². The smallest absolute Gasteiger partial charge is 0.303 e. The molecule has 0 aliphatic carbocycles. The van der Waals surface area contributed by atoms with Crippen molar-refractivity contribution in [2.24, 2.45) is 0 Å². The zero-order chi connectivity index (χ0) is 14.0. The number of aliphatic carboxylic acids is 1. The SMILES string of the molecule is Cc1ccc(-n2nc(CCC(=O)O)cc2C)c(C)c1. The van der Waals surface area contributed by atoms with Gasteiger partial charge >= 0.3 is 5.97 Å². The highest BCUT2D eigenvalue weighted by Crippen LogP contribution is 2.18. The van der Waals surface area contributed by atoms with E-state index in [1.54, 1.807) is 0 Å². The number of rotatable bonds is 4. The lowest BCUT2D eigenvalue weighted by Gasteiger charge is -2.08. The van der Waals surface area contributed by atoms with Gasteiger partial charge in [0, 0.05) is 12.1 Å². The Morgan fingerprint density at radius 3 is 2.63 bits per heavy atom. The molecule has 1 heterocycles. The van der Waals surface area contributed by atoms with E-state index < -0.39 is 5.97 Å². The fourth-order valence-corrected chi connectivity index (χ4v) is 2.18. The van der Waals surface area contributed by atoms with Crippen LogP contribution in [0, 0.1) is 20.8 Å². The summed E-state index contributed by atoms with van der Waals surface area (Å²) in [5.41, 5.74) is 5.27. The topological polar surface area (TPSA) is 55.1 Å². The van der Waals surface area contributed by atoms with Gasteiger partial charge in [0.1, 0.15) is 0 Å². The Kier molecular flexibility index (Phi) is 3.69. The van der Waals surface area contributed by atoms with E-state index in [0.717, 1.165) is 22.6 Å².